The van der Waals surface area contributed by atoms with Crippen molar-refractivity contribution < 1.29 is 17.9 Å². The summed E-state index contributed by atoms with van der Waals surface area (Å²) in [4.78, 5) is 4.02. The first-order chi connectivity index (χ1) is 8.87. The minimum absolute atomic E-state index is 0.171. The SMILES string of the molecule is CC(C)n1cncc1-c1cccc(OC(F)(F)F)c1. The molecule has 2 aromatic rings. The Kier molecular flexibility index (Phi) is 3.50. The van der Waals surface area contributed by atoms with Crippen LogP contribution >= 0.6 is 0 Å². The van der Waals surface area contributed by atoms with E-state index in [1.54, 1.807) is 18.6 Å². The van der Waals surface area contributed by atoms with Gasteiger partial charge in [0, 0.05) is 11.6 Å². The minimum atomic E-state index is -4.68. The van der Waals surface area contributed by atoms with E-state index in [9.17, 15) is 13.2 Å². The Bertz CT molecular complexity index is 561. The zero-order valence-corrected chi connectivity index (χ0v) is 10.5. The molecule has 0 fully saturated rings. The van der Waals surface area contributed by atoms with Crippen LogP contribution in [0, 0.1) is 0 Å². The largest absolute Gasteiger partial charge is 0.573 e. The zero-order chi connectivity index (χ0) is 14.0. The lowest BCUT2D eigenvalue weighted by Gasteiger charge is -2.13. The number of halogens is 3. The molecule has 19 heavy (non-hydrogen) atoms. The van der Waals surface area contributed by atoms with Crippen molar-refractivity contribution in [3.05, 3.63) is 36.8 Å². The summed E-state index contributed by atoms with van der Waals surface area (Å²) in [5, 5.41) is 0. The van der Waals surface area contributed by atoms with Crippen molar-refractivity contribution in [3.63, 3.8) is 0 Å². The van der Waals surface area contributed by atoms with E-state index < -0.39 is 6.36 Å². The Labute approximate surface area is 108 Å². The normalized spacial score (nSPS) is 11.9. The number of hydrogen-bond acceptors (Lipinski definition) is 2. The van der Waals surface area contributed by atoms with Crippen LogP contribution in [0.5, 0.6) is 5.75 Å². The second-order valence-corrected chi connectivity index (χ2v) is 4.36. The lowest BCUT2D eigenvalue weighted by molar-refractivity contribution is -0.274. The molecule has 0 N–H and O–H groups in total. The second kappa shape index (κ2) is 4.95. The maximum atomic E-state index is 12.2. The number of aromatic nitrogens is 2. The van der Waals surface area contributed by atoms with Gasteiger partial charge in [-0.1, -0.05) is 12.1 Å². The smallest absolute Gasteiger partial charge is 0.406 e. The van der Waals surface area contributed by atoms with Gasteiger partial charge in [-0.3, -0.25) is 0 Å². The maximum absolute atomic E-state index is 12.2. The Morgan fingerprint density at radius 1 is 1.26 bits per heavy atom. The van der Waals surface area contributed by atoms with E-state index in [0.717, 1.165) is 5.69 Å². The molecule has 3 nitrogen and oxygen atoms in total. The fourth-order valence-corrected chi connectivity index (χ4v) is 1.79. The summed E-state index contributed by atoms with van der Waals surface area (Å²) in [6, 6.07) is 6.04. The predicted molar refractivity (Wildman–Crippen MR) is 64.7 cm³/mol. The molecule has 0 radical (unpaired) electrons. The summed E-state index contributed by atoms with van der Waals surface area (Å²) in [6.07, 6.45) is -1.42. The highest BCUT2D eigenvalue weighted by Crippen LogP contribution is 2.28. The Hall–Kier alpha value is -1.98. The average molecular weight is 270 g/mol. The zero-order valence-electron chi connectivity index (χ0n) is 10.5. The molecule has 102 valence electrons. The monoisotopic (exact) mass is 270 g/mol. The number of hydrogen-bond donors (Lipinski definition) is 0. The second-order valence-electron chi connectivity index (χ2n) is 4.36. The Morgan fingerprint density at radius 2 is 2.00 bits per heavy atom. The predicted octanol–water partition coefficient (Wildman–Crippen LogP) is 4.03. The first kappa shape index (κ1) is 13.5. The minimum Gasteiger partial charge on any atom is -0.406 e. The van der Waals surface area contributed by atoms with Crippen molar-refractivity contribution in [3.8, 4) is 17.0 Å². The maximum Gasteiger partial charge on any atom is 0.573 e. The van der Waals surface area contributed by atoms with Gasteiger partial charge in [0.25, 0.3) is 0 Å². The van der Waals surface area contributed by atoms with E-state index in [4.69, 9.17) is 0 Å². The molecule has 0 aliphatic heterocycles. The summed E-state index contributed by atoms with van der Waals surface area (Å²) in [6.45, 7) is 3.95. The quantitative estimate of drug-likeness (QED) is 0.842. The lowest BCUT2D eigenvalue weighted by Crippen LogP contribution is -2.17. The highest BCUT2D eigenvalue weighted by atomic mass is 19.4. The van der Waals surface area contributed by atoms with Crippen LogP contribution in [0.3, 0.4) is 0 Å². The number of imidazole rings is 1. The van der Waals surface area contributed by atoms with Crippen molar-refractivity contribution in [1.29, 1.82) is 0 Å². The van der Waals surface area contributed by atoms with Crippen LogP contribution < -0.4 is 4.74 Å². The van der Waals surface area contributed by atoms with Crippen LogP contribution in [0.15, 0.2) is 36.8 Å². The van der Waals surface area contributed by atoms with Crippen LogP contribution in [-0.4, -0.2) is 15.9 Å². The van der Waals surface area contributed by atoms with Crippen molar-refractivity contribution in [2.45, 2.75) is 26.3 Å². The van der Waals surface area contributed by atoms with Gasteiger partial charge in [-0.05, 0) is 26.0 Å². The molecule has 0 atom stereocenters. The number of benzene rings is 1. The molecule has 1 aromatic carbocycles. The molecule has 1 heterocycles. The van der Waals surface area contributed by atoms with Crippen molar-refractivity contribution in [2.75, 3.05) is 0 Å². The molecule has 1 aromatic heterocycles. The molecule has 0 saturated heterocycles. The van der Waals surface area contributed by atoms with E-state index in [1.807, 2.05) is 18.4 Å². The van der Waals surface area contributed by atoms with E-state index in [0.29, 0.717) is 5.56 Å². The third-order valence-electron chi connectivity index (χ3n) is 2.59. The topological polar surface area (TPSA) is 27.1 Å². The summed E-state index contributed by atoms with van der Waals surface area (Å²) < 4.78 is 42.3. The van der Waals surface area contributed by atoms with Crippen LogP contribution in [0.4, 0.5) is 13.2 Å². The van der Waals surface area contributed by atoms with Gasteiger partial charge < -0.3 is 9.30 Å². The van der Waals surface area contributed by atoms with Crippen molar-refractivity contribution >= 4 is 0 Å². The van der Waals surface area contributed by atoms with Crippen LogP contribution in [0.25, 0.3) is 11.3 Å². The molecular weight excluding hydrogens is 257 g/mol. The van der Waals surface area contributed by atoms with Gasteiger partial charge in [-0.2, -0.15) is 0 Å². The molecular formula is C13H13F3N2O. The number of ether oxygens (including phenoxy) is 1. The van der Waals surface area contributed by atoms with Crippen LogP contribution in [-0.2, 0) is 0 Å². The fourth-order valence-electron chi connectivity index (χ4n) is 1.79. The Balaban J connectivity index is 2.35. The molecule has 0 amide bonds. The van der Waals surface area contributed by atoms with E-state index in [2.05, 4.69) is 9.72 Å². The third kappa shape index (κ3) is 3.27. The first-order valence-electron chi connectivity index (χ1n) is 5.75. The van der Waals surface area contributed by atoms with Crippen molar-refractivity contribution in [1.82, 2.24) is 9.55 Å². The lowest BCUT2D eigenvalue weighted by atomic mass is 10.1. The summed E-state index contributed by atoms with van der Waals surface area (Å²) in [5.74, 6) is -0.235. The standard InChI is InChI=1S/C13H13F3N2O/c1-9(2)18-8-17-7-12(18)10-4-3-5-11(6-10)19-13(14,15)16/h3-9H,1-2H3. The van der Waals surface area contributed by atoms with Crippen molar-refractivity contribution in [2.24, 2.45) is 0 Å². The average Bonchev–Trinajstić information content (AvgIpc) is 2.75. The van der Waals surface area contributed by atoms with Gasteiger partial charge in [0.2, 0.25) is 0 Å². The summed E-state index contributed by atoms with van der Waals surface area (Å²) in [7, 11) is 0. The van der Waals surface area contributed by atoms with Crippen LogP contribution in [0.1, 0.15) is 19.9 Å². The van der Waals surface area contributed by atoms with Crippen LogP contribution in [0.2, 0.25) is 0 Å². The van der Waals surface area contributed by atoms with Gasteiger partial charge >= 0.3 is 6.36 Å². The van der Waals surface area contributed by atoms with E-state index >= 15 is 0 Å². The Morgan fingerprint density at radius 3 is 2.63 bits per heavy atom. The molecule has 6 heteroatoms. The van der Waals surface area contributed by atoms with Gasteiger partial charge in [0.15, 0.2) is 0 Å². The van der Waals surface area contributed by atoms with Gasteiger partial charge in [-0.15, -0.1) is 13.2 Å². The molecule has 2 rings (SSSR count). The number of alkyl halides is 3. The molecule has 0 aliphatic rings. The molecule has 0 saturated carbocycles. The summed E-state index contributed by atoms with van der Waals surface area (Å²) >= 11 is 0. The van der Waals surface area contributed by atoms with Gasteiger partial charge in [0.1, 0.15) is 5.75 Å². The third-order valence-corrected chi connectivity index (χ3v) is 2.59. The number of nitrogens with zero attached hydrogens (tertiary/aromatic N) is 2. The highest BCUT2D eigenvalue weighted by molar-refractivity contribution is 5.61. The first-order valence-corrected chi connectivity index (χ1v) is 5.75. The summed E-state index contributed by atoms with van der Waals surface area (Å²) in [5.41, 5.74) is 1.38. The fraction of sp³-hybridized carbons (Fsp3) is 0.308. The van der Waals surface area contributed by atoms with E-state index in [-0.39, 0.29) is 11.8 Å². The molecule has 0 bridgehead atoms. The van der Waals surface area contributed by atoms with Gasteiger partial charge in [0.05, 0.1) is 18.2 Å². The number of rotatable bonds is 3. The van der Waals surface area contributed by atoms with E-state index in [1.165, 1.54) is 18.2 Å². The highest BCUT2D eigenvalue weighted by Gasteiger charge is 2.31. The molecule has 0 unspecified atom stereocenters. The molecule has 0 aliphatic carbocycles. The molecule has 0 spiro atoms. The van der Waals surface area contributed by atoms with Gasteiger partial charge in [-0.25, -0.2) is 4.98 Å².